The molecule has 0 fully saturated rings. The molecule has 0 saturated heterocycles. The summed E-state index contributed by atoms with van der Waals surface area (Å²) in [5, 5.41) is 6.45. The highest BCUT2D eigenvalue weighted by Crippen LogP contribution is 2.42. The number of likely N-dealkylation sites (N-methyl/N-ethyl adjacent to an activating group) is 1. The van der Waals surface area contributed by atoms with Crippen molar-refractivity contribution in [3.63, 3.8) is 0 Å². The lowest BCUT2D eigenvalue weighted by Gasteiger charge is -2.17. The molecule has 0 aliphatic carbocycles. The molecule has 0 amide bonds. The molecule has 2 N–H and O–H groups in total. The van der Waals surface area contributed by atoms with Crippen molar-refractivity contribution in [2.24, 2.45) is 0 Å². The lowest BCUT2D eigenvalue weighted by atomic mass is 9.96. The Balaban J connectivity index is 1.77. The van der Waals surface area contributed by atoms with Crippen LogP contribution in [0.15, 0.2) is 12.1 Å². The first-order chi connectivity index (χ1) is 14.0. The molecular formula is C21H25ClFN5O. The van der Waals surface area contributed by atoms with Gasteiger partial charge in [0.2, 0.25) is 5.95 Å². The van der Waals surface area contributed by atoms with E-state index in [2.05, 4.69) is 38.6 Å². The average molecular weight is 418 g/mol. The van der Waals surface area contributed by atoms with Crippen molar-refractivity contribution in [2.45, 2.75) is 26.2 Å². The number of benzene rings is 1. The number of ether oxygens (including phenoxy) is 1. The van der Waals surface area contributed by atoms with Crippen LogP contribution in [0, 0.1) is 12.7 Å². The Kier molecular flexibility index (Phi) is 5.61. The van der Waals surface area contributed by atoms with E-state index in [0.29, 0.717) is 46.1 Å². The molecule has 8 heteroatoms. The highest BCUT2D eigenvalue weighted by atomic mass is 35.5. The van der Waals surface area contributed by atoms with Crippen molar-refractivity contribution in [3.8, 4) is 5.75 Å². The van der Waals surface area contributed by atoms with Crippen LogP contribution in [0.5, 0.6) is 5.75 Å². The van der Waals surface area contributed by atoms with Gasteiger partial charge in [-0.25, -0.2) is 9.37 Å². The molecule has 0 unspecified atom stereocenters. The van der Waals surface area contributed by atoms with Gasteiger partial charge in [0.1, 0.15) is 10.8 Å². The van der Waals surface area contributed by atoms with Crippen molar-refractivity contribution in [1.82, 2.24) is 14.9 Å². The average Bonchev–Trinajstić information content (AvgIpc) is 3.05. The predicted octanol–water partition coefficient (Wildman–Crippen LogP) is 4.41. The van der Waals surface area contributed by atoms with Crippen LogP contribution in [-0.2, 0) is 6.42 Å². The zero-order valence-electron chi connectivity index (χ0n) is 16.9. The standard InChI is InChI=1S/C21H25ClFN5O/c1-12-17(22)20(24-2)27-21(25-12)26-15-11-14-7-10-29-19(14)16(18(15)23)13-5-4-8-28(3)9-6-13/h6,11H,4-5,7-10H2,1-3H3,(H2,24,25,26,27). The van der Waals surface area contributed by atoms with E-state index in [0.717, 1.165) is 43.5 Å². The molecule has 29 heavy (non-hydrogen) atoms. The Hall–Kier alpha value is -2.38. The molecule has 4 rings (SSSR count). The predicted molar refractivity (Wildman–Crippen MR) is 115 cm³/mol. The van der Waals surface area contributed by atoms with Crippen molar-refractivity contribution in [3.05, 3.63) is 39.8 Å². The molecule has 0 radical (unpaired) electrons. The van der Waals surface area contributed by atoms with E-state index in [1.165, 1.54) is 0 Å². The Morgan fingerprint density at radius 3 is 2.90 bits per heavy atom. The molecule has 0 bridgehead atoms. The van der Waals surface area contributed by atoms with Crippen molar-refractivity contribution < 1.29 is 9.13 Å². The molecule has 3 heterocycles. The highest BCUT2D eigenvalue weighted by molar-refractivity contribution is 6.33. The van der Waals surface area contributed by atoms with Crippen molar-refractivity contribution in [2.75, 3.05) is 44.4 Å². The van der Waals surface area contributed by atoms with Crippen LogP contribution in [0.25, 0.3) is 5.57 Å². The number of hydrogen-bond acceptors (Lipinski definition) is 6. The molecule has 6 nitrogen and oxygen atoms in total. The van der Waals surface area contributed by atoms with Gasteiger partial charge in [-0.15, -0.1) is 0 Å². The molecule has 0 atom stereocenters. The zero-order chi connectivity index (χ0) is 20.5. The SMILES string of the molecule is CNc1nc(Nc2cc3c(c(C4=CCN(C)CCC4)c2F)OCC3)nc(C)c1Cl. The largest absolute Gasteiger partial charge is 0.492 e. The van der Waals surface area contributed by atoms with E-state index in [1.807, 2.05) is 0 Å². The number of fused-ring (bicyclic) bond motifs is 1. The quantitative estimate of drug-likeness (QED) is 0.768. The lowest BCUT2D eigenvalue weighted by Crippen LogP contribution is -2.17. The summed E-state index contributed by atoms with van der Waals surface area (Å²) in [5.41, 5.74) is 3.54. The maximum atomic E-state index is 15.7. The van der Waals surface area contributed by atoms with Gasteiger partial charge >= 0.3 is 0 Å². The summed E-state index contributed by atoms with van der Waals surface area (Å²) in [6.07, 6.45) is 4.67. The molecule has 1 aromatic carbocycles. The highest BCUT2D eigenvalue weighted by Gasteiger charge is 2.26. The number of aromatic nitrogens is 2. The van der Waals surface area contributed by atoms with Crippen LogP contribution in [0.4, 0.5) is 21.8 Å². The van der Waals surface area contributed by atoms with Gasteiger partial charge < -0.3 is 20.3 Å². The molecule has 2 aliphatic heterocycles. The smallest absolute Gasteiger partial charge is 0.229 e. The van der Waals surface area contributed by atoms with Gasteiger partial charge in [0, 0.05) is 25.6 Å². The molecular weight excluding hydrogens is 393 g/mol. The normalized spacial score (nSPS) is 16.7. The fourth-order valence-corrected chi connectivity index (χ4v) is 4.00. The number of halogens is 2. The summed E-state index contributed by atoms with van der Waals surface area (Å²) in [5.74, 6) is 1.15. The third-order valence-corrected chi connectivity index (χ3v) is 5.82. The second-order valence-electron chi connectivity index (χ2n) is 7.47. The Labute approximate surface area is 175 Å². The number of nitrogens with zero attached hydrogens (tertiary/aromatic N) is 3. The maximum absolute atomic E-state index is 15.7. The van der Waals surface area contributed by atoms with E-state index < -0.39 is 0 Å². The number of hydrogen-bond donors (Lipinski definition) is 2. The van der Waals surface area contributed by atoms with Gasteiger partial charge in [-0.2, -0.15) is 4.98 Å². The van der Waals surface area contributed by atoms with E-state index in [1.54, 1.807) is 20.0 Å². The number of allylic oxidation sites excluding steroid dienone is 1. The van der Waals surface area contributed by atoms with E-state index in [9.17, 15) is 0 Å². The van der Waals surface area contributed by atoms with E-state index >= 15 is 4.39 Å². The van der Waals surface area contributed by atoms with Crippen LogP contribution in [0.3, 0.4) is 0 Å². The molecule has 0 spiro atoms. The molecule has 2 aromatic rings. The molecule has 154 valence electrons. The summed E-state index contributed by atoms with van der Waals surface area (Å²) in [7, 11) is 3.81. The maximum Gasteiger partial charge on any atom is 0.229 e. The first kappa shape index (κ1) is 19.9. The first-order valence-corrected chi connectivity index (χ1v) is 10.2. The first-order valence-electron chi connectivity index (χ1n) is 9.83. The lowest BCUT2D eigenvalue weighted by molar-refractivity contribution is 0.354. The monoisotopic (exact) mass is 417 g/mol. The van der Waals surface area contributed by atoms with E-state index in [-0.39, 0.29) is 5.82 Å². The third kappa shape index (κ3) is 3.89. The topological polar surface area (TPSA) is 62.3 Å². The minimum absolute atomic E-state index is 0.301. The Morgan fingerprint density at radius 2 is 2.10 bits per heavy atom. The van der Waals surface area contributed by atoms with Gasteiger partial charge in [-0.1, -0.05) is 17.7 Å². The third-order valence-electron chi connectivity index (χ3n) is 5.37. The van der Waals surface area contributed by atoms with Crippen molar-refractivity contribution in [1.29, 1.82) is 0 Å². The second kappa shape index (κ2) is 8.16. The summed E-state index contributed by atoms with van der Waals surface area (Å²) in [4.78, 5) is 11.0. The van der Waals surface area contributed by atoms with Crippen molar-refractivity contribution >= 4 is 34.6 Å². The minimum atomic E-state index is -0.330. The fraction of sp³-hybridized carbons (Fsp3) is 0.429. The Morgan fingerprint density at radius 1 is 1.28 bits per heavy atom. The van der Waals surface area contributed by atoms with Crippen LogP contribution < -0.4 is 15.4 Å². The number of nitrogens with one attached hydrogen (secondary N) is 2. The summed E-state index contributed by atoms with van der Waals surface area (Å²) in [6.45, 7) is 4.15. The zero-order valence-corrected chi connectivity index (χ0v) is 17.7. The number of anilines is 3. The number of aryl methyl sites for hydroxylation is 1. The summed E-state index contributed by atoms with van der Waals surface area (Å²) >= 11 is 6.21. The number of rotatable bonds is 4. The van der Waals surface area contributed by atoms with Gasteiger partial charge in [0.05, 0.1) is 23.6 Å². The van der Waals surface area contributed by atoms with Gasteiger partial charge in [0.15, 0.2) is 11.6 Å². The molecule has 0 saturated carbocycles. The van der Waals surface area contributed by atoms with Crippen LogP contribution >= 0.6 is 11.6 Å². The minimum Gasteiger partial charge on any atom is -0.492 e. The molecule has 2 aliphatic rings. The van der Waals surface area contributed by atoms with Gasteiger partial charge in [-0.05, 0) is 45.0 Å². The summed E-state index contributed by atoms with van der Waals surface area (Å²) < 4.78 is 21.5. The summed E-state index contributed by atoms with van der Waals surface area (Å²) in [6, 6.07) is 1.80. The molecule has 1 aromatic heterocycles. The van der Waals surface area contributed by atoms with E-state index in [4.69, 9.17) is 16.3 Å². The van der Waals surface area contributed by atoms with Gasteiger partial charge in [-0.3, -0.25) is 0 Å². The van der Waals surface area contributed by atoms with Crippen LogP contribution in [-0.4, -0.2) is 48.7 Å². The second-order valence-corrected chi connectivity index (χ2v) is 7.84. The fourth-order valence-electron chi connectivity index (χ4n) is 3.82. The van der Waals surface area contributed by atoms with Crippen LogP contribution in [0.2, 0.25) is 5.02 Å². The van der Waals surface area contributed by atoms with Gasteiger partial charge in [0.25, 0.3) is 0 Å². The Bertz CT molecular complexity index is 978. The van der Waals surface area contributed by atoms with Crippen LogP contribution in [0.1, 0.15) is 29.7 Å².